The molecule has 0 radical (unpaired) electrons. The van der Waals surface area contributed by atoms with Gasteiger partial charge >= 0.3 is 0 Å². The van der Waals surface area contributed by atoms with Crippen molar-refractivity contribution in [1.29, 1.82) is 0 Å². The fourth-order valence-corrected chi connectivity index (χ4v) is 1.86. The first-order valence-corrected chi connectivity index (χ1v) is 5.55. The van der Waals surface area contributed by atoms with Crippen LogP contribution in [0.5, 0.6) is 5.75 Å². The zero-order valence-corrected chi connectivity index (χ0v) is 9.94. The number of phenolic OH excluding ortho intramolecular Hbond substituents is 1. The van der Waals surface area contributed by atoms with Crippen LogP contribution in [0.4, 0.5) is 0 Å². The molecule has 0 amide bonds. The second kappa shape index (κ2) is 4.49. The maximum atomic E-state index is 10.8. The first-order chi connectivity index (χ1) is 7.72. The van der Waals surface area contributed by atoms with E-state index in [1.54, 1.807) is 24.3 Å². The Hall–Kier alpha value is -1.61. The molecule has 2 rings (SSSR count). The summed E-state index contributed by atoms with van der Waals surface area (Å²) >= 11 is 3.29. The topological polar surface area (TPSA) is 37.3 Å². The molecule has 3 heteroatoms. The molecule has 0 aliphatic carbocycles. The summed E-state index contributed by atoms with van der Waals surface area (Å²) in [4.78, 5) is 10.8. The number of phenols is 1. The predicted octanol–water partition coefficient (Wildman–Crippen LogP) is 3.63. The summed E-state index contributed by atoms with van der Waals surface area (Å²) in [5.74, 6) is 0.210. The Bertz CT molecular complexity index is 535. The molecule has 16 heavy (non-hydrogen) atoms. The predicted molar refractivity (Wildman–Crippen MR) is 66.6 cm³/mol. The minimum atomic E-state index is 0.210. The minimum Gasteiger partial charge on any atom is -0.507 e. The van der Waals surface area contributed by atoms with E-state index in [9.17, 15) is 9.90 Å². The molecule has 0 saturated carbocycles. The van der Waals surface area contributed by atoms with Crippen LogP contribution in [0.25, 0.3) is 11.1 Å². The van der Waals surface area contributed by atoms with Crippen LogP contribution >= 0.6 is 15.9 Å². The molecule has 1 N–H and O–H groups in total. The number of halogens is 1. The third-order valence-corrected chi connectivity index (χ3v) is 3.06. The zero-order valence-electron chi connectivity index (χ0n) is 8.35. The summed E-state index contributed by atoms with van der Waals surface area (Å²) in [6.45, 7) is 0. The van der Waals surface area contributed by atoms with Gasteiger partial charge in [0.1, 0.15) is 5.75 Å². The van der Waals surface area contributed by atoms with Gasteiger partial charge in [0.25, 0.3) is 0 Å². The van der Waals surface area contributed by atoms with Crippen LogP contribution in [0.15, 0.2) is 46.9 Å². The Kier molecular flexibility index (Phi) is 3.06. The van der Waals surface area contributed by atoms with E-state index in [0.29, 0.717) is 5.56 Å². The summed E-state index contributed by atoms with van der Waals surface area (Å²) in [5, 5.41) is 9.70. The van der Waals surface area contributed by atoms with Crippen molar-refractivity contribution in [2.75, 3.05) is 0 Å². The molecule has 0 bridgehead atoms. The van der Waals surface area contributed by atoms with E-state index in [0.717, 1.165) is 21.9 Å². The summed E-state index contributed by atoms with van der Waals surface area (Å²) in [6, 6.07) is 12.4. The number of benzene rings is 2. The molecule has 2 aromatic rings. The fourth-order valence-electron chi connectivity index (χ4n) is 1.52. The molecule has 0 fully saturated rings. The summed E-state index contributed by atoms with van der Waals surface area (Å²) in [6.07, 6.45) is 0.785. The van der Waals surface area contributed by atoms with Crippen molar-refractivity contribution in [3.63, 3.8) is 0 Å². The summed E-state index contributed by atoms with van der Waals surface area (Å²) in [5.41, 5.74) is 2.11. The molecule has 2 aromatic carbocycles. The lowest BCUT2D eigenvalue weighted by Crippen LogP contribution is -1.85. The standard InChI is InChI=1S/C13H9BrO2/c14-12-6-5-9(7-10(12)8-15)11-3-1-2-4-13(11)16/h1-8,16H. The highest BCUT2D eigenvalue weighted by atomic mass is 79.9. The van der Waals surface area contributed by atoms with Crippen LogP contribution in [0.3, 0.4) is 0 Å². The van der Waals surface area contributed by atoms with Crippen molar-refractivity contribution in [1.82, 2.24) is 0 Å². The van der Waals surface area contributed by atoms with Crippen molar-refractivity contribution in [3.05, 3.63) is 52.5 Å². The van der Waals surface area contributed by atoms with Gasteiger partial charge in [-0.25, -0.2) is 0 Å². The van der Waals surface area contributed by atoms with Crippen molar-refractivity contribution in [2.45, 2.75) is 0 Å². The number of carbonyl (C=O) groups is 1. The van der Waals surface area contributed by atoms with Crippen LogP contribution in [0.2, 0.25) is 0 Å². The molecule has 2 nitrogen and oxygen atoms in total. The number of carbonyl (C=O) groups excluding carboxylic acids is 1. The smallest absolute Gasteiger partial charge is 0.151 e. The third-order valence-electron chi connectivity index (χ3n) is 2.34. The molecule has 0 aliphatic rings. The second-order valence-electron chi connectivity index (χ2n) is 3.37. The van der Waals surface area contributed by atoms with Gasteiger partial charge in [-0.05, 0) is 23.8 Å². The maximum absolute atomic E-state index is 10.8. The van der Waals surface area contributed by atoms with E-state index < -0.39 is 0 Å². The number of hydrogen-bond donors (Lipinski definition) is 1. The van der Waals surface area contributed by atoms with Gasteiger partial charge in [0.05, 0.1) is 0 Å². The first-order valence-electron chi connectivity index (χ1n) is 4.75. The Morgan fingerprint density at radius 2 is 1.88 bits per heavy atom. The number of aromatic hydroxyl groups is 1. The van der Waals surface area contributed by atoms with Crippen molar-refractivity contribution >= 4 is 22.2 Å². The highest BCUT2D eigenvalue weighted by molar-refractivity contribution is 9.10. The van der Waals surface area contributed by atoms with Gasteiger partial charge in [-0.2, -0.15) is 0 Å². The molecule has 0 aromatic heterocycles. The normalized spacial score (nSPS) is 10.1. The lowest BCUT2D eigenvalue weighted by atomic mass is 10.0. The van der Waals surface area contributed by atoms with E-state index >= 15 is 0 Å². The number of rotatable bonds is 2. The highest BCUT2D eigenvalue weighted by Gasteiger charge is 2.05. The molecular weight excluding hydrogens is 268 g/mol. The van der Waals surface area contributed by atoms with Gasteiger partial charge in [-0.15, -0.1) is 0 Å². The van der Waals surface area contributed by atoms with E-state index in [4.69, 9.17) is 0 Å². The zero-order chi connectivity index (χ0) is 11.5. The minimum absolute atomic E-state index is 0.210. The second-order valence-corrected chi connectivity index (χ2v) is 4.23. The number of aldehydes is 1. The van der Waals surface area contributed by atoms with Gasteiger partial charge in [0, 0.05) is 15.6 Å². The average Bonchev–Trinajstić information content (AvgIpc) is 2.31. The maximum Gasteiger partial charge on any atom is 0.151 e. The first kappa shape index (κ1) is 10.9. The van der Waals surface area contributed by atoms with Crippen LogP contribution in [-0.2, 0) is 0 Å². The Labute approximate surface area is 102 Å². The molecule has 0 unspecified atom stereocenters. The van der Waals surface area contributed by atoms with E-state index in [2.05, 4.69) is 15.9 Å². The SMILES string of the molecule is O=Cc1cc(-c2ccccc2O)ccc1Br. The fraction of sp³-hybridized carbons (Fsp3) is 0. The molecule has 0 heterocycles. The van der Waals surface area contributed by atoms with E-state index in [-0.39, 0.29) is 5.75 Å². The molecule has 0 spiro atoms. The van der Waals surface area contributed by atoms with Gasteiger partial charge in [0.2, 0.25) is 0 Å². The number of para-hydroxylation sites is 1. The third kappa shape index (κ3) is 1.99. The van der Waals surface area contributed by atoms with Crippen LogP contribution in [0, 0.1) is 0 Å². The lowest BCUT2D eigenvalue weighted by molar-refractivity contribution is 0.112. The monoisotopic (exact) mass is 276 g/mol. The quantitative estimate of drug-likeness (QED) is 0.851. The Morgan fingerprint density at radius 1 is 1.12 bits per heavy atom. The largest absolute Gasteiger partial charge is 0.507 e. The van der Waals surface area contributed by atoms with Gasteiger partial charge < -0.3 is 5.11 Å². The van der Waals surface area contributed by atoms with Crippen LogP contribution < -0.4 is 0 Å². The van der Waals surface area contributed by atoms with Crippen LogP contribution in [-0.4, -0.2) is 11.4 Å². The number of hydrogen-bond acceptors (Lipinski definition) is 2. The lowest BCUT2D eigenvalue weighted by Gasteiger charge is -2.05. The Balaban J connectivity index is 2.57. The molecule has 0 atom stereocenters. The van der Waals surface area contributed by atoms with E-state index in [1.165, 1.54) is 0 Å². The highest BCUT2D eigenvalue weighted by Crippen LogP contribution is 2.30. The average molecular weight is 277 g/mol. The molecule has 0 saturated heterocycles. The van der Waals surface area contributed by atoms with Crippen LogP contribution in [0.1, 0.15) is 10.4 Å². The summed E-state index contributed by atoms with van der Waals surface area (Å²) in [7, 11) is 0. The molecule has 0 aliphatic heterocycles. The van der Waals surface area contributed by atoms with Crippen molar-refractivity contribution in [2.24, 2.45) is 0 Å². The van der Waals surface area contributed by atoms with Gasteiger partial charge in [-0.3, -0.25) is 4.79 Å². The van der Waals surface area contributed by atoms with Crippen molar-refractivity contribution in [3.8, 4) is 16.9 Å². The van der Waals surface area contributed by atoms with Gasteiger partial charge in [-0.1, -0.05) is 40.2 Å². The molecule has 80 valence electrons. The van der Waals surface area contributed by atoms with Gasteiger partial charge in [0.15, 0.2) is 6.29 Å². The molecular formula is C13H9BrO2. The Morgan fingerprint density at radius 3 is 2.56 bits per heavy atom. The van der Waals surface area contributed by atoms with Crippen molar-refractivity contribution < 1.29 is 9.90 Å². The van der Waals surface area contributed by atoms with E-state index in [1.807, 2.05) is 18.2 Å². The summed E-state index contributed by atoms with van der Waals surface area (Å²) < 4.78 is 0.752.